The molecule has 0 fully saturated rings. The molecule has 3 aromatic rings. The van der Waals surface area contributed by atoms with Crippen LogP contribution in [0.5, 0.6) is 0 Å². The molecular weight excluding hydrogens is 325 g/mol. The van der Waals surface area contributed by atoms with Gasteiger partial charge in [0.2, 0.25) is 5.65 Å². The van der Waals surface area contributed by atoms with Gasteiger partial charge in [0.05, 0.1) is 18.2 Å². The van der Waals surface area contributed by atoms with E-state index in [1.807, 2.05) is 13.8 Å². The van der Waals surface area contributed by atoms with E-state index in [4.69, 9.17) is 0 Å². The summed E-state index contributed by atoms with van der Waals surface area (Å²) in [6.07, 6.45) is 0.637. The van der Waals surface area contributed by atoms with Crippen molar-refractivity contribution in [2.24, 2.45) is 0 Å². The van der Waals surface area contributed by atoms with Crippen LogP contribution in [0, 0.1) is 0 Å². The second kappa shape index (κ2) is 5.77. The molecule has 10 heteroatoms. The van der Waals surface area contributed by atoms with Crippen molar-refractivity contribution in [1.82, 2.24) is 28.9 Å². The Morgan fingerprint density at radius 2 is 2.04 bits per heavy atom. The summed E-state index contributed by atoms with van der Waals surface area (Å²) in [4.78, 5) is 16.5. The summed E-state index contributed by atoms with van der Waals surface area (Å²) in [5.74, 6) is 0.332. The Kier molecular flexibility index (Phi) is 3.90. The lowest BCUT2D eigenvalue weighted by Crippen LogP contribution is -2.27. The Labute approximate surface area is 134 Å². The molecule has 0 aromatic carbocycles. The highest BCUT2D eigenvalue weighted by atomic mass is 19.4. The summed E-state index contributed by atoms with van der Waals surface area (Å²) in [6.45, 7) is 3.35. The molecule has 0 aliphatic heterocycles. The molecular formula is C14H15F3N6O. The summed E-state index contributed by atoms with van der Waals surface area (Å²) < 4.78 is 41.0. The van der Waals surface area contributed by atoms with E-state index < -0.39 is 12.6 Å². The molecule has 7 nitrogen and oxygen atoms in total. The van der Waals surface area contributed by atoms with Crippen molar-refractivity contribution >= 4 is 5.65 Å². The molecule has 0 saturated carbocycles. The van der Waals surface area contributed by atoms with Gasteiger partial charge in [-0.25, -0.2) is 9.50 Å². The Morgan fingerprint density at radius 3 is 2.71 bits per heavy atom. The summed E-state index contributed by atoms with van der Waals surface area (Å²) in [5, 5.41) is 8.28. The van der Waals surface area contributed by atoms with E-state index in [0.29, 0.717) is 11.4 Å². The van der Waals surface area contributed by atoms with Crippen molar-refractivity contribution in [3.63, 3.8) is 0 Å². The molecule has 3 heterocycles. The second-order valence-electron chi connectivity index (χ2n) is 5.65. The van der Waals surface area contributed by atoms with Crippen molar-refractivity contribution in [2.75, 3.05) is 0 Å². The lowest BCUT2D eigenvalue weighted by atomic mass is 10.3. The first-order chi connectivity index (χ1) is 11.3. The fourth-order valence-electron chi connectivity index (χ4n) is 2.40. The molecule has 0 bridgehead atoms. The van der Waals surface area contributed by atoms with Gasteiger partial charge >= 0.3 is 6.18 Å². The quantitative estimate of drug-likeness (QED) is 0.731. The van der Waals surface area contributed by atoms with Gasteiger partial charge in [-0.2, -0.15) is 18.3 Å². The third kappa shape index (κ3) is 3.03. The van der Waals surface area contributed by atoms with Crippen LogP contribution in [0.4, 0.5) is 13.2 Å². The van der Waals surface area contributed by atoms with E-state index >= 15 is 0 Å². The zero-order chi connectivity index (χ0) is 17.5. The highest BCUT2D eigenvalue weighted by molar-refractivity contribution is 5.54. The van der Waals surface area contributed by atoms with E-state index in [1.165, 1.54) is 32.4 Å². The molecule has 0 aliphatic carbocycles. The van der Waals surface area contributed by atoms with Gasteiger partial charge in [-0.05, 0) is 13.8 Å². The minimum absolute atomic E-state index is 0.192. The fraction of sp³-hybridized carbons (Fsp3) is 0.429. The molecule has 0 amide bonds. The maximum absolute atomic E-state index is 12.6. The number of hydrogen-bond acceptors (Lipinski definition) is 4. The maximum atomic E-state index is 12.6. The van der Waals surface area contributed by atoms with Gasteiger partial charge < -0.3 is 0 Å². The molecule has 3 aromatic heterocycles. The Balaban J connectivity index is 2.04. The highest BCUT2D eigenvalue weighted by Gasteiger charge is 2.27. The van der Waals surface area contributed by atoms with Crippen LogP contribution in [-0.4, -0.2) is 35.1 Å². The zero-order valence-electron chi connectivity index (χ0n) is 13.0. The first kappa shape index (κ1) is 16.2. The molecule has 0 aliphatic rings. The predicted octanol–water partition coefficient (Wildman–Crippen LogP) is 2.29. The minimum atomic E-state index is -4.25. The van der Waals surface area contributed by atoms with Gasteiger partial charge in [0.25, 0.3) is 5.56 Å². The van der Waals surface area contributed by atoms with Crippen molar-refractivity contribution in [3.05, 3.63) is 35.1 Å². The lowest BCUT2D eigenvalue weighted by molar-refractivity contribution is -0.137. The minimum Gasteiger partial charge on any atom is -0.285 e. The standard InChI is InChI=1S/C14H15F3N6O/c1-9(2)23-11(20-22-6-4-18-12(22)13(23)24)10-7-19-21(8-10)5-3-14(15,16)17/h4,6-9H,3,5H2,1-2H3. The van der Waals surface area contributed by atoms with Crippen LogP contribution in [0.2, 0.25) is 0 Å². The van der Waals surface area contributed by atoms with E-state index in [9.17, 15) is 18.0 Å². The molecule has 3 rings (SSSR count). The number of alkyl halides is 3. The number of nitrogens with zero attached hydrogens (tertiary/aromatic N) is 6. The first-order valence-corrected chi connectivity index (χ1v) is 7.32. The fourth-order valence-corrected chi connectivity index (χ4v) is 2.40. The van der Waals surface area contributed by atoms with Crippen molar-refractivity contribution < 1.29 is 13.2 Å². The van der Waals surface area contributed by atoms with Crippen LogP contribution >= 0.6 is 0 Å². The molecule has 24 heavy (non-hydrogen) atoms. The summed E-state index contributed by atoms with van der Waals surface area (Å²) in [5.41, 5.74) is 0.346. The van der Waals surface area contributed by atoms with E-state index in [-0.39, 0.29) is 23.8 Å². The number of halogens is 3. The van der Waals surface area contributed by atoms with Crippen LogP contribution in [0.1, 0.15) is 26.3 Å². The smallest absolute Gasteiger partial charge is 0.285 e. The molecule has 128 valence electrons. The topological polar surface area (TPSA) is 70.0 Å². The van der Waals surface area contributed by atoms with Gasteiger partial charge in [0.15, 0.2) is 5.82 Å². The normalized spacial score (nSPS) is 12.4. The van der Waals surface area contributed by atoms with E-state index in [2.05, 4.69) is 15.2 Å². The maximum Gasteiger partial charge on any atom is 0.390 e. The lowest BCUT2D eigenvalue weighted by Gasteiger charge is -2.14. The third-order valence-corrected chi connectivity index (χ3v) is 3.49. The van der Waals surface area contributed by atoms with Crippen LogP contribution in [0.25, 0.3) is 17.0 Å². The largest absolute Gasteiger partial charge is 0.390 e. The van der Waals surface area contributed by atoms with E-state index in [1.54, 1.807) is 6.20 Å². The number of imidazole rings is 1. The summed E-state index contributed by atoms with van der Waals surface area (Å²) >= 11 is 0. The molecule has 0 unspecified atom stereocenters. The Hall–Kier alpha value is -2.65. The van der Waals surface area contributed by atoms with Gasteiger partial charge in [-0.15, -0.1) is 5.10 Å². The average Bonchev–Trinajstić information content (AvgIpc) is 3.12. The summed E-state index contributed by atoms with van der Waals surface area (Å²) in [7, 11) is 0. The van der Waals surface area contributed by atoms with Gasteiger partial charge in [0, 0.05) is 31.2 Å². The van der Waals surface area contributed by atoms with Gasteiger partial charge in [-0.3, -0.25) is 14.0 Å². The molecule has 0 atom stereocenters. The Bertz CT molecular complexity index is 921. The Morgan fingerprint density at radius 1 is 1.29 bits per heavy atom. The predicted molar refractivity (Wildman–Crippen MR) is 79.5 cm³/mol. The second-order valence-corrected chi connectivity index (χ2v) is 5.65. The van der Waals surface area contributed by atoms with Crippen LogP contribution in [0.15, 0.2) is 29.6 Å². The monoisotopic (exact) mass is 340 g/mol. The third-order valence-electron chi connectivity index (χ3n) is 3.49. The number of rotatable bonds is 4. The first-order valence-electron chi connectivity index (χ1n) is 7.32. The van der Waals surface area contributed by atoms with Crippen molar-refractivity contribution in [2.45, 2.75) is 39.0 Å². The van der Waals surface area contributed by atoms with Gasteiger partial charge in [-0.1, -0.05) is 0 Å². The molecule has 0 radical (unpaired) electrons. The number of aryl methyl sites for hydroxylation is 1. The van der Waals surface area contributed by atoms with Crippen LogP contribution < -0.4 is 5.56 Å². The molecule has 0 spiro atoms. The zero-order valence-corrected chi connectivity index (χ0v) is 13.0. The number of hydrogen-bond donors (Lipinski definition) is 0. The highest BCUT2D eigenvalue weighted by Crippen LogP contribution is 2.22. The SMILES string of the molecule is CC(C)n1c(-c2cnn(CCC(F)(F)F)c2)nn2ccnc2c1=O. The van der Waals surface area contributed by atoms with Crippen molar-refractivity contribution in [3.8, 4) is 11.4 Å². The van der Waals surface area contributed by atoms with Crippen LogP contribution in [0.3, 0.4) is 0 Å². The number of fused-ring (bicyclic) bond motifs is 1. The van der Waals surface area contributed by atoms with Gasteiger partial charge in [0.1, 0.15) is 0 Å². The number of aromatic nitrogens is 6. The van der Waals surface area contributed by atoms with Crippen LogP contribution in [-0.2, 0) is 6.54 Å². The molecule has 0 N–H and O–H groups in total. The summed E-state index contributed by atoms with van der Waals surface area (Å²) in [6, 6.07) is -0.194. The van der Waals surface area contributed by atoms with Crippen molar-refractivity contribution in [1.29, 1.82) is 0 Å². The van der Waals surface area contributed by atoms with E-state index in [0.717, 1.165) is 0 Å². The average molecular weight is 340 g/mol. The molecule has 0 saturated heterocycles.